The van der Waals surface area contributed by atoms with E-state index in [1.807, 2.05) is 31.2 Å². The van der Waals surface area contributed by atoms with Crippen LogP contribution in [-0.4, -0.2) is 0 Å². The van der Waals surface area contributed by atoms with E-state index in [4.69, 9.17) is 11.5 Å². The van der Waals surface area contributed by atoms with Crippen molar-refractivity contribution in [3.63, 3.8) is 0 Å². The molecule has 0 spiro atoms. The zero-order valence-electron chi connectivity index (χ0n) is 7.04. The Morgan fingerprint density at radius 1 is 1.33 bits per heavy atom. The van der Waals surface area contributed by atoms with Crippen molar-refractivity contribution in [1.29, 1.82) is 0 Å². The molecule has 3 nitrogen and oxygen atoms in total. The van der Waals surface area contributed by atoms with E-state index in [0.29, 0.717) is 5.82 Å². The number of hydrogen-bond acceptors (Lipinski definition) is 3. The lowest BCUT2D eigenvalue weighted by molar-refractivity contribution is 1.27. The molecular weight excluding hydrogens is 150 g/mol. The molecule has 1 aromatic carbocycles. The first-order chi connectivity index (χ1) is 5.72. The topological polar surface area (TPSA) is 64.1 Å². The average Bonchev–Trinajstić information content (AvgIpc) is 2.09. The van der Waals surface area contributed by atoms with Crippen molar-refractivity contribution in [2.45, 2.75) is 6.92 Å². The molecule has 0 aliphatic heterocycles. The van der Waals surface area contributed by atoms with E-state index in [1.165, 1.54) is 11.8 Å². The summed E-state index contributed by atoms with van der Waals surface area (Å²) in [6.07, 6.45) is 1.33. The fraction of sp³-hybridized carbons (Fsp3) is 0.111. The van der Waals surface area contributed by atoms with Crippen LogP contribution >= 0.6 is 0 Å². The van der Waals surface area contributed by atoms with Crippen molar-refractivity contribution >= 4 is 5.69 Å². The molecule has 0 atom stereocenters. The number of nitrogens with one attached hydrogen (secondary N) is 1. The van der Waals surface area contributed by atoms with Gasteiger partial charge in [0.1, 0.15) is 5.82 Å². The molecule has 0 aromatic heterocycles. The van der Waals surface area contributed by atoms with Crippen molar-refractivity contribution in [2.75, 3.05) is 5.32 Å². The minimum Gasteiger partial charge on any atom is -0.402 e. The predicted octanol–water partition coefficient (Wildman–Crippen LogP) is 1.12. The maximum absolute atomic E-state index is 5.47. The molecule has 5 N–H and O–H groups in total. The van der Waals surface area contributed by atoms with Crippen LogP contribution in [0.1, 0.15) is 5.56 Å². The second-order valence-electron chi connectivity index (χ2n) is 2.61. The van der Waals surface area contributed by atoms with Gasteiger partial charge in [0, 0.05) is 11.9 Å². The van der Waals surface area contributed by atoms with Crippen LogP contribution in [0.4, 0.5) is 5.69 Å². The second-order valence-corrected chi connectivity index (χ2v) is 2.61. The van der Waals surface area contributed by atoms with Crippen molar-refractivity contribution in [2.24, 2.45) is 11.5 Å². The smallest absolute Gasteiger partial charge is 0.116 e. The molecule has 0 saturated carbocycles. The molecule has 0 aliphatic carbocycles. The average molecular weight is 163 g/mol. The van der Waals surface area contributed by atoms with Crippen LogP contribution in [0.3, 0.4) is 0 Å². The number of aryl methyl sites for hydroxylation is 1. The Labute approximate surface area is 72.1 Å². The highest BCUT2D eigenvalue weighted by molar-refractivity contribution is 5.48. The van der Waals surface area contributed by atoms with E-state index in [-0.39, 0.29) is 0 Å². The zero-order valence-corrected chi connectivity index (χ0v) is 7.04. The first-order valence-electron chi connectivity index (χ1n) is 3.73. The van der Waals surface area contributed by atoms with Crippen LogP contribution in [0, 0.1) is 6.92 Å². The summed E-state index contributed by atoms with van der Waals surface area (Å²) < 4.78 is 0. The van der Waals surface area contributed by atoms with Gasteiger partial charge < -0.3 is 16.8 Å². The van der Waals surface area contributed by atoms with Gasteiger partial charge in [-0.1, -0.05) is 17.7 Å². The van der Waals surface area contributed by atoms with E-state index in [0.717, 1.165) is 5.69 Å². The summed E-state index contributed by atoms with van der Waals surface area (Å²) >= 11 is 0. The number of nitrogens with two attached hydrogens (primary N) is 2. The quantitative estimate of drug-likeness (QED) is 0.612. The molecular formula is C9H13N3. The van der Waals surface area contributed by atoms with Crippen LogP contribution in [0.15, 0.2) is 36.3 Å². The van der Waals surface area contributed by atoms with E-state index in [1.54, 1.807) is 0 Å². The van der Waals surface area contributed by atoms with E-state index >= 15 is 0 Å². The van der Waals surface area contributed by atoms with Gasteiger partial charge in [-0.2, -0.15) is 0 Å². The summed E-state index contributed by atoms with van der Waals surface area (Å²) in [5, 5.41) is 2.93. The van der Waals surface area contributed by atoms with Crippen LogP contribution in [0.2, 0.25) is 0 Å². The largest absolute Gasteiger partial charge is 0.402 e. The van der Waals surface area contributed by atoms with E-state index < -0.39 is 0 Å². The summed E-state index contributed by atoms with van der Waals surface area (Å²) in [5.41, 5.74) is 12.8. The molecule has 1 aromatic rings. The molecule has 0 radical (unpaired) electrons. The third-order valence-corrected chi connectivity index (χ3v) is 1.52. The van der Waals surface area contributed by atoms with Crippen LogP contribution in [0.5, 0.6) is 0 Å². The highest BCUT2D eigenvalue weighted by atomic mass is 15.0. The van der Waals surface area contributed by atoms with Crippen molar-refractivity contribution < 1.29 is 0 Å². The summed E-state index contributed by atoms with van der Waals surface area (Å²) in [5.74, 6) is 0.457. The minimum atomic E-state index is 0.457. The van der Waals surface area contributed by atoms with Crippen LogP contribution in [-0.2, 0) is 0 Å². The Bertz CT molecular complexity index is 274. The maximum atomic E-state index is 5.47. The predicted molar refractivity (Wildman–Crippen MR) is 51.3 cm³/mol. The third kappa shape index (κ3) is 2.20. The van der Waals surface area contributed by atoms with Crippen molar-refractivity contribution in [3.05, 3.63) is 41.8 Å². The Kier molecular flexibility index (Phi) is 2.58. The number of anilines is 1. The van der Waals surface area contributed by atoms with E-state index in [9.17, 15) is 0 Å². The highest BCUT2D eigenvalue weighted by Crippen LogP contribution is 2.08. The molecule has 0 unspecified atom stereocenters. The standard InChI is InChI=1S/C9H13N3/c1-7-2-4-8(5-3-7)12-9(11)6-10/h2-6,12H,10-11H2,1H3/b9-6+. The van der Waals surface area contributed by atoms with Crippen molar-refractivity contribution in [3.8, 4) is 0 Å². The Morgan fingerprint density at radius 2 is 1.92 bits per heavy atom. The number of benzene rings is 1. The molecule has 1 rings (SSSR count). The number of rotatable bonds is 2. The van der Waals surface area contributed by atoms with Gasteiger partial charge in [0.05, 0.1) is 0 Å². The van der Waals surface area contributed by atoms with Gasteiger partial charge in [-0.3, -0.25) is 0 Å². The van der Waals surface area contributed by atoms with Gasteiger partial charge in [-0.15, -0.1) is 0 Å². The minimum absolute atomic E-state index is 0.457. The second kappa shape index (κ2) is 3.67. The molecule has 12 heavy (non-hydrogen) atoms. The molecule has 0 heterocycles. The SMILES string of the molecule is Cc1ccc(N/C(N)=C/N)cc1. The molecule has 0 fully saturated rings. The third-order valence-electron chi connectivity index (χ3n) is 1.52. The lowest BCUT2D eigenvalue weighted by atomic mass is 10.2. The fourth-order valence-corrected chi connectivity index (χ4v) is 0.845. The summed E-state index contributed by atoms with van der Waals surface area (Å²) in [4.78, 5) is 0. The van der Waals surface area contributed by atoms with Crippen LogP contribution in [0.25, 0.3) is 0 Å². The van der Waals surface area contributed by atoms with Gasteiger partial charge in [-0.25, -0.2) is 0 Å². The van der Waals surface area contributed by atoms with Gasteiger partial charge in [0.15, 0.2) is 0 Å². The van der Waals surface area contributed by atoms with Crippen molar-refractivity contribution in [1.82, 2.24) is 0 Å². The Balaban J connectivity index is 2.71. The Morgan fingerprint density at radius 3 is 2.42 bits per heavy atom. The number of hydrogen-bond donors (Lipinski definition) is 3. The van der Waals surface area contributed by atoms with Gasteiger partial charge in [-0.05, 0) is 19.1 Å². The highest BCUT2D eigenvalue weighted by Gasteiger charge is 1.90. The Hall–Kier alpha value is -1.64. The summed E-state index contributed by atoms with van der Waals surface area (Å²) in [7, 11) is 0. The van der Waals surface area contributed by atoms with Gasteiger partial charge in [0.25, 0.3) is 0 Å². The molecule has 0 amide bonds. The molecule has 0 aliphatic rings. The van der Waals surface area contributed by atoms with Gasteiger partial charge >= 0.3 is 0 Å². The van der Waals surface area contributed by atoms with E-state index in [2.05, 4.69) is 5.32 Å². The maximum Gasteiger partial charge on any atom is 0.116 e. The first-order valence-corrected chi connectivity index (χ1v) is 3.73. The summed E-state index contributed by atoms with van der Waals surface area (Å²) in [6, 6.07) is 7.91. The molecule has 0 saturated heterocycles. The lowest BCUT2D eigenvalue weighted by Crippen LogP contribution is -2.10. The first kappa shape index (κ1) is 8.46. The lowest BCUT2D eigenvalue weighted by Gasteiger charge is -2.04. The molecule has 0 bridgehead atoms. The van der Waals surface area contributed by atoms with Crippen LogP contribution < -0.4 is 16.8 Å². The summed E-state index contributed by atoms with van der Waals surface area (Å²) in [6.45, 7) is 2.03. The normalized spacial score (nSPS) is 11.2. The fourth-order valence-electron chi connectivity index (χ4n) is 0.845. The molecule has 3 heteroatoms. The molecule has 64 valence electrons. The monoisotopic (exact) mass is 163 g/mol. The van der Waals surface area contributed by atoms with Gasteiger partial charge in [0.2, 0.25) is 0 Å². The zero-order chi connectivity index (χ0) is 8.97.